The number of halogens is 1. The highest BCUT2D eigenvalue weighted by atomic mass is 19.1. The summed E-state index contributed by atoms with van der Waals surface area (Å²) in [5.74, 6) is 0.595. The summed E-state index contributed by atoms with van der Waals surface area (Å²) >= 11 is 0. The lowest BCUT2D eigenvalue weighted by molar-refractivity contribution is -0.119. The summed E-state index contributed by atoms with van der Waals surface area (Å²) in [5.41, 5.74) is 3.23. The highest BCUT2D eigenvalue weighted by Crippen LogP contribution is 2.30. The fourth-order valence-electron chi connectivity index (χ4n) is 5.14. The molecule has 2 aliphatic heterocycles. The number of piperidine rings is 1. The van der Waals surface area contributed by atoms with E-state index in [0.717, 1.165) is 42.9 Å². The van der Waals surface area contributed by atoms with Crippen LogP contribution >= 0.6 is 0 Å². The minimum atomic E-state index is -0.387. The van der Waals surface area contributed by atoms with E-state index in [1.807, 2.05) is 36.1 Å². The molecule has 2 aliphatic rings. The number of anilines is 2. The molecule has 7 nitrogen and oxygen atoms in total. The number of amides is 2. The van der Waals surface area contributed by atoms with Gasteiger partial charge in [0, 0.05) is 43.6 Å². The molecule has 0 spiro atoms. The average molecular weight is 488 g/mol. The zero-order valence-electron chi connectivity index (χ0n) is 20.4. The van der Waals surface area contributed by atoms with E-state index < -0.39 is 0 Å². The fraction of sp³-hybridized carbons (Fsp3) is 0.357. The van der Waals surface area contributed by atoms with E-state index in [9.17, 15) is 14.0 Å². The molecule has 1 atom stereocenters. The smallest absolute Gasteiger partial charge is 0.254 e. The summed E-state index contributed by atoms with van der Waals surface area (Å²) in [5, 5.41) is 11.1. The van der Waals surface area contributed by atoms with Crippen LogP contribution < -0.4 is 10.2 Å². The van der Waals surface area contributed by atoms with Crippen molar-refractivity contribution in [3.05, 3.63) is 83.3 Å². The van der Waals surface area contributed by atoms with Crippen molar-refractivity contribution in [1.82, 2.24) is 15.1 Å². The molecule has 2 aromatic carbocycles. The molecule has 36 heavy (non-hydrogen) atoms. The van der Waals surface area contributed by atoms with Gasteiger partial charge < -0.3 is 15.1 Å². The van der Waals surface area contributed by atoms with Crippen molar-refractivity contribution < 1.29 is 14.0 Å². The van der Waals surface area contributed by atoms with E-state index >= 15 is 0 Å². The number of rotatable bonds is 5. The maximum absolute atomic E-state index is 13.6. The third-order valence-corrected chi connectivity index (χ3v) is 7.30. The van der Waals surface area contributed by atoms with Crippen molar-refractivity contribution >= 4 is 23.3 Å². The second-order valence-corrected chi connectivity index (χ2v) is 9.65. The maximum Gasteiger partial charge on any atom is 0.254 e. The Balaban J connectivity index is 1.13. The lowest BCUT2D eigenvalue weighted by atomic mass is 9.89. The second-order valence-electron chi connectivity index (χ2n) is 9.65. The monoisotopic (exact) mass is 487 g/mol. The lowest BCUT2D eigenvalue weighted by Gasteiger charge is -2.32. The predicted octanol–water partition coefficient (Wildman–Crippen LogP) is 4.41. The summed E-state index contributed by atoms with van der Waals surface area (Å²) in [6.45, 7) is 4.54. The Labute approximate surface area is 210 Å². The molecule has 8 heteroatoms. The van der Waals surface area contributed by atoms with Crippen LogP contribution in [0.25, 0.3) is 0 Å². The summed E-state index contributed by atoms with van der Waals surface area (Å²) in [6.07, 6.45) is 4.13. The summed E-state index contributed by atoms with van der Waals surface area (Å²) in [4.78, 5) is 29.6. The Morgan fingerprint density at radius 1 is 1.00 bits per heavy atom. The molecule has 1 unspecified atom stereocenters. The van der Waals surface area contributed by atoms with Gasteiger partial charge in [0.1, 0.15) is 5.82 Å². The molecule has 3 heterocycles. The minimum Gasteiger partial charge on any atom is -0.354 e. The van der Waals surface area contributed by atoms with Crippen molar-refractivity contribution in [2.24, 2.45) is 5.92 Å². The third-order valence-electron chi connectivity index (χ3n) is 7.30. The standard InChI is InChI=1S/C28H30FN5O2/c1-19-4-7-23(29)17-25(19)28(36)33-14-10-21(11-15-33)20-5-8-24(9-6-20)31-27(35)22-12-16-34(18-22)26-3-2-13-30-32-26/h2-9,13,17,21-22H,10-12,14-16,18H2,1H3,(H,31,35). The zero-order chi connectivity index (χ0) is 25.1. The van der Waals surface area contributed by atoms with Gasteiger partial charge in [0.05, 0.1) is 5.92 Å². The van der Waals surface area contributed by atoms with Crippen LogP contribution in [-0.2, 0) is 4.79 Å². The van der Waals surface area contributed by atoms with Crippen LogP contribution in [0.15, 0.2) is 60.8 Å². The van der Waals surface area contributed by atoms with E-state index in [1.165, 1.54) is 17.7 Å². The van der Waals surface area contributed by atoms with Gasteiger partial charge in [-0.1, -0.05) is 18.2 Å². The van der Waals surface area contributed by atoms with Gasteiger partial charge in [-0.25, -0.2) is 4.39 Å². The van der Waals surface area contributed by atoms with E-state index in [-0.39, 0.29) is 23.5 Å². The van der Waals surface area contributed by atoms with Gasteiger partial charge in [0.2, 0.25) is 5.91 Å². The average Bonchev–Trinajstić information content (AvgIpc) is 3.42. The number of likely N-dealkylation sites (tertiary alicyclic amines) is 1. The Morgan fingerprint density at radius 3 is 2.50 bits per heavy atom. The lowest BCUT2D eigenvalue weighted by Crippen LogP contribution is -2.38. The molecule has 1 N–H and O–H groups in total. The van der Waals surface area contributed by atoms with Crippen molar-refractivity contribution in [3.63, 3.8) is 0 Å². The summed E-state index contributed by atoms with van der Waals surface area (Å²) in [7, 11) is 0. The highest BCUT2D eigenvalue weighted by molar-refractivity contribution is 5.95. The Hall–Kier alpha value is -3.81. The van der Waals surface area contributed by atoms with Gasteiger partial charge in [0.25, 0.3) is 5.91 Å². The molecule has 0 aliphatic carbocycles. The number of aryl methyl sites for hydroxylation is 1. The number of carbonyl (C=O) groups excluding carboxylic acids is 2. The number of hydrogen-bond acceptors (Lipinski definition) is 5. The first-order valence-corrected chi connectivity index (χ1v) is 12.5. The maximum atomic E-state index is 13.6. The number of nitrogens with zero attached hydrogens (tertiary/aromatic N) is 4. The quantitative estimate of drug-likeness (QED) is 0.577. The molecule has 2 amide bonds. The molecule has 5 rings (SSSR count). The van der Waals surface area contributed by atoms with Crippen molar-refractivity contribution in [3.8, 4) is 0 Å². The van der Waals surface area contributed by atoms with Crippen LogP contribution in [0, 0.1) is 18.7 Å². The second kappa shape index (κ2) is 10.4. The van der Waals surface area contributed by atoms with Gasteiger partial charge in [-0.15, -0.1) is 5.10 Å². The molecular weight excluding hydrogens is 457 g/mol. The number of hydrogen-bond donors (Lipinski definition) is 1. The third kappa shape index (κ3) is 5.22. The molecule has 1 aromatic heterocycles. The predicted molar refractivity (Wildman–Crippen MR) is 136 cm³/mol. The van der Waals surface area contributed by atoms with Gasteiger partial charge in [-0.2, -0.15) is 5.10 Å². The van der Waals surface area contributed by atoms with Gasteiger partial charge >= 0.3 is 0 Å². The van der Waals surface area contributed by atoms with Crippen LogP contribution in [0.3, 0.4) is 0 Å². The van der Waals surface area contributed by atoms with Crippen LogP contribution in [0.5, 0.6) is 0 Å². The zero-order valence-corrected chi connectivity index (χ0v) is 20.4. The van der Waals surface area contributed by atoms with Crippen LogP contribution in [0.1, 0.15) is 46.7 Å². The Kier molecular flexibility index (Phi) is 6.93. The van der Waals surface area contributed by atoms with Gasteiger partial charge in [-0.05, 0) is 79.6 Å². The van der Waals surface area contributed by atoms with Crippen LogP contribution in [-0.4, -0.2) is 53.1 Å². The topological polar surface area (TPSA) is 78.4 Å². The SMILES string of the molecule is Cc1ccc(F)cc1C(=O)N1CCC(c2ccc(NC(=O)C3CCN(c4cccnn4)C3)cc2)CC1. The van der Waals surface area contributed by atoms with Crippen LogP contribution in [0.4, 0.5) is 15.9 Å². The molecule has 2 saturated heterocycles. The number of carbonyl (C=O) groups is 2. The first-order chi connectivity index (χ1) is 17.5. The molecule has 0 saturated carbocycles. The molecule has 3 aromatic rings. The Bertz CT molecular complexity index is 1230. The van der Waals surface area contributed by atoms with Crippen molar-refractivity contribution in [2.45, 2.75) is 32.1 Å². The first-order valence-electron chi connectivity index (χ1n) is 12.5. The van der Waals surface area contributed by atoms with E-state index in [4.69, 9.17) is 0 Å². The van der Waals surface area contributed by atoms with E-state index in [1.54, 1.807) is 12.3 Å². The molecular formula is C28H30FN5O2. The number of benzene rings is 2. The summed E-state index contributed by atoms with van der Waals surface area (Å²) in [6, 6.07) is 16.2. The van der Waals surface area contributed by atoms with Gasteiger partial charge in [-0.3, -0.25) is 9.59 Å². The first kappa shape index (κ1) is 23.9. The highest BCUT2D eigenvalue weighted by Gasteiger charge is 2.29. The van der Waals surface area contributed by atoms with E-state index in [2.05, 4.69) is 32.5 Å². The number of aromatic nitrogens is 2. The molecule has 0 bridgehead atoms. The fourth-order valence-corrected chi connectivity index (χ4v) is 5.14. The van der Waals surface area contributed by atoms with Crippen molar-refractivity contribution in [2.75, 3.05) is 36.4 Å². The Morgan fingerprint density at radius 2 is 1.78 bits per heavy atom. The minimum absolute atomic E-state index is 0.0219. The van der Waals surface area contributed by atoms with Gasteiger partial charge in [0.15, 0.2) is 5.82 Å². The normalized spacial score (nSPS) is 18.3. The molecule has 2 fully saturated rings. The van der Waals surface area contributed by atoms with E-state index in [0.29, 0.717) is 31.1 Å². The van der Waals surface area contributed by atoms with Crippen LogP contribution in [0.2, 0.25) is 0 Å². The van der Waals surface area contributed by atoms with Crippen molar-refractivity contribution in [1.29, 1.82) is 0 Å². The largest absolute Gasteiger partial charge is 0.354 e. The molecule has 186 valence electrons. The number of nitrogens with one attached hydrogen (secondary N) is 1. The molecule has 0 radical (unpaired) electrons. The summed E-state index contributed by atoms with van der Waals surface area (Å²) < 4.78 is 13.6.